The zero-order valence-corrected chi connectivity index (χ0v) is 21.5. The Bertz CT molecular complexity index is 1190. The molecule has 0 N–H and O–H groups in total. The maximum absolute atomic E-state index is 13.0. The summed E-state index contributed by atoms with van der Waals surface area (Å²) in [6, 6.07) is 7.18. The fraction of sp³-hybridized carbons (Fsp3) is 0.400. The summed E-state index contributed by atoms with van der Waals surface area (Å²) in [5, 5.41) is -0.325. The van der Waals surface area contributed by atoms with Crippen LogP contribution < -0.4 is 14.0 Å². The number of esters is 2. The van der Waals surface area contributed by atoms with Crippen molar-refractivity contribution in [1.29, 1.82) is 0 Å². The Morgan fingerprint density at radius 2 is 1.83 bits per heavy atom. The average molecular weight is 515 g/mol. The van der Waals surface area contributed by atoms with Crippen LogP contribution in [0.15, 0.2) is 47.7 Å². The monoisotopic (exact) mass is 514 g/mol. The molecule has 1 aromatic heterocycles. The number of hydrogen-bond acceptors (Lipinski definition) is 9. The minimum absolute atomic E-state index is 0.279. The van der Waals surface area contributed by atoms with Crippen LogP contribution in [0.2, 0.25) is 0 Å². The SMILES string of the molecule is COc1cccc(OC)c1C=NC1C(=O)N2C1SC(C)(C)[C@@H]2C(=O)OCOC(=O)c1ccc[n+](C)c1. The third-order valence-electron chi connectivity index (χ3n) is 6.03. The summed E-state index contributed by atoms with van der Waals surface area (Å²) in [6.45, 7) is 3.19. The van der Waals surface area contributed by atoms with Crippen molar-refractivity contribution in [2.24, 2.45) is 12.0 Å². The van der Waals surface area contributed by atoms with Crippen LogP contribution in [0.25, 0.3) is 0 Å². The Hall–Kier alpha value is -3.60. The molecule has 0 spiro atoms. The molecule has 0 radical (unpaired) electrons. The zero-order chi connectivity index (χ0) is 26.0. The zero-order valence-electron chi connectivity index (χ0n) is 20.7. The number of thioether (sulfide) groups is 1. The number of methoxy groups -OCH3 is 2. The summed E-state index contributed by atoms with van der Waals surface area (Å²) in [5.74, 6) is -0.386. The van der Waals surface area contributed by atoms with E-state index in [1.807, 2.05) is 13.8 Å². The van der Waals surface area contributed by atoms with Crippen molar-refractivity contribution in [1.82, 2.24) is 4.90 Å². The third-order valence-corrected chi connectivity index (χ3v) is 7.59. The predicted molar refractivity (Wildman–Crippen MR) is 131 cm³/mol. The number of ether oxygens (including phenoxy) is 4. The Labute approximate surface area is 213 Å². The maximum atomic E-state index is 13.0. The lowest BCUT2D eigenvalue weighted by atomic mass is 9.96. The number of carbonyl (C=O) groups excluding carboxylic acids is 3. The summed E-state index contributed by atoms with van der Waals surface area (Å²) in [7, 11) is 4.87. The number of amides is 1. The standard InChI is InChI=1S/C25H28N3O7S/c1-25(2)20(24(31)35-14-34-23(30)15-8-7-11-27(3)13-15)28-21(29)19(22(28)36-25)26-12-16-17(32-4)9-6-10-18(16)33-5/h6-13,19-20,22H,14H2,1-5H3/q+1/t19?,20-,22?/m0/s1. The second-order valence-electron chi connectivity index (χ2n) is 8.83. The minimum Gasteiger partial charge on any atom is -0.496 e. The van der Waals surface area contributed by atoms with Crippen LogP contribution in [0.4, 0.5) is 0 Å². The number of pyridine rings is 1. The van der Waals surface area contributed by atoms with Crippen LogP contribution in [0, 0.1) is 0 Å². The largest absolute Gasteiger partial charge is 0.496 e. The van der Waals surface area contributed by atoms with Gasteiger partial charge in [0.2, 0.25) is 6.79 Å². The van der Waals surface area contributed by atoms with E-state index in [0.29, 0.717) is 22.6 Å². The first-order valence-corrected chi connectivity index (χ1v) is 12.1. The number of β-lactam (4-membered cyclic amide) rings is 1. The first-order valence-electron chi connectivity index (χ1n) is 11.2. The molecular formula is C25H28N3O7S+. The van der Waals surface area contributed by atoms with Gasteiger partial charge in [-0.25, -0.2) is 14.2 Å². The smallest absolute Gasteiger partial charge is 0.347 e. The van der Waals surface area contributed by atoms with Gasteiger partial charge in [0.25, 0.3) is 5.91 Å². The van der Waals surface area contributed by atoms with Gasteiger partial charge < -0.3 is 23.8 Å². The molecule has 0 bridgehead atoms. The average Bonchev–Trinajstić information content (AvgIpc) is 3.11. The molecule has 0 saturated carbocycles. The summed E-state index contributed by atoms with van der Waals surface area (Å²) in [5.41, 5.74) is 0.957. The number of aryl methyl sites for hydroxylation is 1. The maximum Gasteiger partial charge on any atom is 0.347 e. The molecule has 4 rings (SSSR count). The quantitative estimate of drug-likeness (QED) is 0.172. The van der Waals surface area contributed by atoms with Crippen LogP contribution in [-0.2, 0) is 26.1 Å². The number of nitrogens with zero attached hydrogens (tertiary/aromatic N) is 3. The molecule has 2 aromatic rings. The van der Waals surface area contributed by atoms with Crippen LogP contribution in [0.1, 0.15) is 29.8 Å². The van der Waals surface area contributed by atoms with Crippen LogP contribution in [0.3, 0.4) is 0 Å². The fourth-order valence-corrected chi connectivity index (χ4v) is 5.90. The molecule has 1 amide bonds. The molecule has 3 atom stereocenters. The summed E-state index contributed by atoms with van der Waals surface area (Å²) >= 11 is 1.48. The van der Waals surface area contributed by atoms with Crippen molar-refractivity contribution >= 4 is 35.8 Å². The summed E-state index contributed by atoms with van der Waals surface area (Å²) in [4.78, 5) is 44.1. The molecule has 2 aliphatic rings. The van der Waals surface area contributed by atoms with Crippen molar-refractivity contribution in [2.45, 2.75) is 36.1 Å². The normalized spacial score (nSPS) is 22.1. The molecule has 0 aliphatic carbocycles. The van der Waals surface area contributed by atoms with Gasteiger partial charge in [-0.05, 0) is 32.0 Å². The molecule has 2 aliphatic heterocycles. The molecule has 2 saturated heterocycles. The highest BCUT2D eigenvalue weighted by molar-refractivity contribution is 8.01. The molecule has 1 aromatic carbocycles. The van der Waals surface area contributed by atoms with Gasteiger partial charge in [-0.1, -0.05) is 6.07 Å². The lowest BCUT2D eigenvalue weighted by molar-refractivity contribution is -0.671. The number of aliphatic imine (C=N–C) groups is 1. The number of aromatic nitrogens is 1. The van der Waals surface area contributed by atoms with Gasteiger partial charge in [-0.3, -0.25) is 9.79 Å². The van der Waals surface area contributed by atoms with Gasteiger partial charge in [-0.15, -0.1) is 11.8 Å². The number of fused-ring (bicyclic) bond motifs is 1. The Kier molecular flexibility index (Phi) is 7.21. The highest BCUT2D eigenvalue weighted by Crippen LogP contribution is 2.52. The van der Waals surface area contributed by atoms with Gasteiger partial charge in [-0.2, -0.15) is 0 Å². The topological polar surface area (TPSA) is 108 Å². The summed E-state index contributed by atoms with van der Waals surface area (Å²) < 4.78 is 22.2. The molecular weight excluding hydrogens is 486 g/mol. The lowest BCUT2D eigenvalue weighted by Crippen LogP contribution is -2.65. The van der Waals surface area contributed by atoms with E-state index in [2.05, 4.69) is 4.99 Å². The van der Waals surface area contributed by atoms with E-state index in [9.17, 15) is 14.4 Å². The Morgan fingerprint density at radius 3 is 2.47 bits per heavy atom. The minimum atomic E-state index is -0.833. The predicted octanol–water partition coefficient (Wildman–Crippen LogP) is 1.74. The summed E-state index contributed by atoms with van der Waals surface area (Å²) in [6.07, 6.45) is 4.95. The molecule has 10 nitrogen and oxygen atoms in total. The van der Waals surface area contributed by atoms with Crippen molar-refractivity contribution in [3.8, 4) is 11.5 Å². The Morgan fingerprint density at radius 1 is 1.14 bits per heavy atom. The van der Waals surface area contributed by atoms with E-state index in [1.165, 1.54) is 16.7 Å². The first kappa shape index (κ1) is 25.5. The van der Waals surface area contributed by atoms with Crippen LogP contribution in [-0.4, -0.2) is 72.2 Å². The van der Waals surface area contributed by atoms with Gasteiger partial charge in [0.05, 0.1) is 19.8 Å². The second kappa shape index (κ2) is 10.2. The molecule has 11 heteroatoms. The first-order chi connectivity index (χ1) is 17.2. The molecule has 2 fully saturated rings. The van der Waals surface area contributed by atoms with Crippen LogP contribution in [0.5, 0.6) is 11.5 Å². The number of carbonyl (C=O) groups is 3. The van der Waals surface area contributed by atoms with E-state index in [-0.39, 0.29) is 11.3 Å². The molecule has 36 heavy (non-hydrogen) atoms. The van der Waals surface area contributed by atoms with E-state index < -0.39 is 35.6 Å². The second-order valence-corrected chi connectivity index (χ2v) is 10.6. The number of benzene rings is 1. The number of rotatable bonds is 8. The number of hydrogen-bond donors (Lipinski definition) is 0. The van der Waals surface area contributed by atoms with Gasteiger partial charge in [0, 0.05) is 17.0 Å². The van der Waals surface area contributed by atoms with Crippen molar-refractivity contribution in [2.75, 3.05) is 21.0 Å². The lowest BCUT2D eigenvalue weighted by Gasteiger charge is -2.41. The van der Waals surface area contributed by atoms with Crippen molar-refractivity contribution in [3.05, 3.63) is 53.9 Å². The van der Waals surface area contributed by atoms with Crippen molar-refractivity contribution < 1.29 is 37.9 Å². The van der Waals surface area contributed by atoms with E-state index in [0.717, 1.165) is 0 Å². The molecule has 3 heterocycles. The highest BCUT2D eigenvalue weighted by Gasteiger charge is 2.64. The van der Waals surface area contributed by atoms with E-state index in [4.69, 9.17) is 18.9 Å². The van der Waals surface area contributed by atoms with Gasteiger partial charge in [0.1, 0.15) is 35.5 Å². The van der Waals surface area contributed by atoms with Gasteiger partial charge >= 0.3 is 11.9 Å². The van der Waals surface area contributed by atoms with Crippen molar-refractivity contribution in [3.63, 3.8) is 0 Å². The third kappa shape index (κ3) is 4.75. The molecule has 190 valence electrons. The fourth-order valence-electron chi connectivity index (χ4n) is 4.28. The molecule has 2 unspecified atom stereocenters. The van der Waals surface area contributed by atoms with E-state index in [1.54, 1.807) is 74.8 Å². The highest BCUT2D eigenvalue weighted by atomic mass is 32.2. The van der Waals surface area contributed by atoms with Gasteiger partial charge in [0.15, 0.2) is 18.4 Å². The van der Waals surface area contributed by atoms with E-state index >= 15 is 0 Å². The van der Waals surface area contributed by atoms with Crippen LogP contribution >= 0.6 is 11.8 Å². The Balaban J connectivity index is 1.41.